The number of aromatic carboxylic acids is 1. The minimum absolute atomic E-state index is 0.00193. The highest BCUT2D eigenvalue weighted by atomic mass is 16.5. The third-order valence-corrected chi connectivity index (χ3v) is 4.12. The normalized spacial score (nSPS) is 21.2. The van der Waals surface area contributed by atoms with Gasteiger partial charge in [-0.05, 0) is 12.1 Å². The number of carboxylic acids is 1. The lowest BCUT2D eigenvalue weighted by Crippen LogP contribution is -2.57. The van der Waals surface area contributed by atoms with Crippen LogP contribution in [-0.4, -0.2) is 72.0 Å². The predicted molar refractivity (Wildman–Crippen MR) is 83.3 cm³/mol. The number of benzene rings is 1. The zero-order chi connectivity index (χ0) is 17.1. The smallest absolute Gasteiger partial charge is 0.343 e. The molecule has 0 saturated carbocycles. The van der Waals surface area contributed by atoms with Crippen LogP contribution in [0.2, 0.25) is 0 Å². The minimum atomic E-state index is -1.25. The fourth-order valence-electron chi connectivity index (χ4n) is 2.80. The highest BCUT2D eigenvalue weighted by Crippen LogP contribution is 2.29. The topological polar surface area (TPSA) is 108 Å². The van der Waals surface area contributed by atoms with Crippen molar-refractivity contribution < 1.29 is 29.3 Å². The van der Waals surface area contributed by atoms with Crippen molar-refractivity contribution in [3.05, 3.63) is 23.8 Å². The van der Waals surface area contributed by atoms with Gasteiger partial charge >= 0.3 is 5.97 Å². The van der Waals surface area contributed by atoms with Gasteiger partial charge in [0.25, 0.3) is 0 Å². The summed E-state index contributed by atoms with van der Waals surface area (Å²) in [5.41, 5.74) is -0.260. The van der Waals surface area contributed by atoms with Crippen molar-refractivity contribution in [2.75, 3.05) is 32.8 Å². The van der Waals surface area contributed by atoms with Crippen LogP contribution in [0.25, 0.3) is 0 Å². The van der Waals surface area contributed by atoms with Crippen molar-refractivity contribution in [1.82, 2.24) is 10.2 Å². The molecule has 24 heavy (non-hydrogen) atoms. The summed E-state index contributed by atoms with van der Waals surface area (Å²) in [5.74, 6) is -1.48. The summed E-state index contributed by atoms with van der Waals surface area (Å²) in [6.07, 6.45) is -0.0539. The van der Waals surface area contributed by atoms with Crippen molar-refractivity contribution in [1.29, 1.82) is 0 Å². The number of nitrogens with one attached hydrogen (secondary N) is 1. The number of aromatic hydroxyl groups is 1. The van der Waals surface area contributed by atoms with Crippen LogP contribution in [0.4, 0.5) is 0 Å². The number of carbonyl (C=O) groups is 2. The van der Waals surface area contributed by atoms with Gasteiger partial charge in [-0.15, -0.1) is 0 Å². The Kier molecular flexibility index (Phi) is 4.86. The average molecular weight is 336 g/mol. The molecule has 2 aliphatic rings. The summed E-state index contributed by atoms with van der Waals surface area (Å²) in [6.45, 7) is 2.88. The Labute approximate surface area is 139 Å². The summed E-state index contributed by atoms with van der Waals surface area (Å²) in [6, 6.07) is 4.31. The minimum Gasteiger partial charge on any atom is -0.507 e. The van der Waals surface area contributed by atoms with Gasteiger partial charge in [-0.2, -0.15) is 0 Å². The van der Waals surface area contributed by atoms with Crippen LogP contribution < -0.4 is 10.1 Å². The molecule has 3 N–H and O–H groups in total. The van der Waals surface area contributed by atoms with Gasteiger partial charge in [0.15, 0.2) is 0 Å². The van der Waals surface area contributed by atoms with E-state index in [1.807, 2.05) is 0 Å². The van der Waals surface area contributed by atoms with Crippen LogP contribution in [0.1, 0.15) is 16.8 Å². The maximum atomic E-state index is 12.1. The summed E-state index contributed by atoms with van der Waals surface area (Å²) in [7, 11) is 0. The Morgan fingerprint density at radius 3 is 2.83 bits per heavy atom. The van der Waals surface area contributed by atoms with E-state index in [0.29, 0.717) is 32.7 Å². The number of carbonyl (C=O) groups excluding carboxylic acids is 1. The second kappa shape index (κ2) is 7.06. The largest absolute Gasteiger partial charge is 0.507 e. The van der Waals surface area contributed by atoms with Gasteiger partial charge in [-0.3, -0.25) is 4.79 Å². The van der Waals surface area contributed by atoms with E-state index in [0.717, 1.165) is 6.54 Å². The molecule has 1 aromatic rings. The molecule has 2 heterocycles. The lowest BCUT2D eigenvalue weighted by atomic mass is 10.1. The lowest BCUT2D eigenvalue weighted by molar-refractivity contribution is -0.143. The Morgan fingerprint density at radius 1 is 1.38 bits per heavy atom. The van der Waals surface area contributed by atoms with Gasteiger partial charge in [-0.25, -0.2) is 4.79 Å². The number of nitrogens with zero attached hydrogens (tertiary/aromatic N) is 1. The van der Waals surface area contributed by atoms with Crippen LogP contribution in [0.3, 0.4) is 0 Å². The van der Waals surface area contributed by atoms with Crippen LogP contribution in [-0.2, 0) is 9.53 Å². The number of ether oxygens (including phenoxy) is 2. The number of rotatable bonds is 5. The zero-order valence-corrected chi connectivity index (χ0v) is 13.1. The van der Waals surface area contributed by atoms with E-state index in [2.05, 4.69) is 5.32 Å². The fourth-order valence-corrected chi connectivity index (χ4v) is 2.80. The molecular formula is C16H20N2O6. The molecule has 0 spiro atoms. The van der Waals surface area contributed by atoms with E-state index < -0.39 is 5.97 Å². The first-order valence-corrected chi connectivity index (χ1v) is 7.86. The summed E-state index contributed by atoms with van der Waals surface area (Å²) >= 11 is 0. The van der Waals surface area contributed by atoms with Crippen molar-refractivity contribution in [2.45, 2.75) is 18.6 Å². The van der Waals surface area contributed by atoms with Crippen LogP contribution in [0.15, 0.2) is 18.2 Å². The highest BCUT2D eigenvalue weighted by Gasteiger charge is 2.34. The van der Waals surface area contributed by atoms with Crippen LogP contribution in [0.5, 0.6) is 11.5 Å². The highest BCUT2D eigenvalue weighted by molar-refractivity contribution is 5.94. The molecular weight excluding hydrogens is 316 g/mol. The first-order valence-electron chi connectivity index (χ1n) is 7.86. The number of likely N-dealkylation sites (tertiary alicyclic amines) is 1. The van der Waals surface area contributed by atoms with Crippen molar-refractivity contribution in [2.24, 2.45) is 0 Å². The SMILES string of the molecule is O=C(O)c1c(O)cccc1OC1CN(C(=O)C[C@@H]2CNCCO2)C1. The second-order valence-electron chi connectivity index (χ2n) is 5.90. The maximum Gasteiger partial charge on any atom is 0.343 e. The predicted octanol–water partition coefficient (Wildman–Crippen LogP) is 0.0585. The van der Waals surface area contributed by atoms with E-state index in [1.165, 1.54) is 18.2 Å². The Balaban J connectivity index is 1.51. The average Bonchev–Trinajstić information content (AvgIpc) is 2.51. The van der Waals surface area contributed by atoms with Crippen LogP contribution >= 0.6 is 0 Å². The van der Waals surface area contributed by atoms with Gasteiger partial charge in [0.05, 0.1) is 32.2 Å². The molecule has 0 unspecified atom stereocenters. The molecule has 0 bridgehead atoms. The third-order valence-electron chi connectivity index (χ3n) is 4.12. The monoisotopic (exact) mass is 336 g/mol. The summed E-state index contributed by atoms with van der Waals surface area (Å²) in [4.78, 5) is 25.0. The standard InChI is InChI=1S/C16H20N2O6/c19-12-2-1-3-13(15(12)16(21)22)24-11-8-18(9-11)14(20)6-10-7-17-4-5-23-10/h1-3,10-11,17,19H,4-9H2,(H,21,22)/t10-/m1/s1. The molecule has 2 aliphatic heterocycles. The van der Waals surface area contributed by atoms with E-state index in [4.69, 9.17) is 14.6 Å². The van der Waals surface area contributed by atoms with Gasteiger partial charge in [0.2, 0.25) is 5.91 Å². The van der Waals surface area contributed by atoms with E-state index in [-0.39, 0.29) is 35.2 Å². The summed E-state index contributed by atoms with van der Waals surface area (Å²) < 4.78 is 11.1. The summed E-state index contributed by atoms with van der Waals surface area (Å²) in [5, 5.41) is 22.0. The third kappa shape index (κ3) is 3.60. The molecule has 0 aromatic heterocycles. The van der Waals surface area contributed by atoms with Gasteiger partial charge in [0, 0.05) is 13.1 Å². The van der Waals surface area contributed by atoms with E-state index in [9.17, 15) is 14.7 Å². The lowest BCUT2D eigenvalue weighted by Gasteiger charge is -2.40. The molecule has 1 amide bonds. The number of hydrogen-bond acceptors (Lipinski definition) is 6. The second-order valence-corrected chi connectivity index (χ2v) is 5.90. The van der Waals surface area contributed by atoms with E-state index >= 15 is 0 Å². The quantitative estimate of drug-likeness (QED) is 0.697. The molecule has 8 nitrogen and oxygen atoms in total. The number of hydrogen-bond donors (Lipinski definition) is 3. The molecule has 1 aromatic carbocycles. The zero-order valence-electron chi connectivity index (χ0n) is 13.1. The van der Waals surface area contributed by atoms with Crippen molar-refractivity contribution >= 4 is 11.9 Å². The van der Waals surface area contributed by atoms with E-state index in [1.54, 1.807) is 4.90 Å². The molecule has 0 radical (unpaired) electrons. The molecule has 1 atom stereocenters. The first-order chi connectivity index (χ1) is 11.5. The Hall–Kier alpha value is -2.32. The number of carboxylic acid groups (broad SMARTS) is 1. The number of phenols is 1. The number of morpholine rings is 1. The van der Waals surface area contributed by atoms with Gasteiger partial charge in [-0.1, -0.05) is 6.07 Å². The molecule has 3 rings (SSSR count). The Morgan fingerprint density at radius 2 is 2.17 bits per heavy atom. The molecule has 0 aliphatic carbocycles. The van der Waals surface area contributed by atoms with Crippen molar-refractivity contribution in [3.8, 4) is 11.5 Å². The van der Waals surface area contributed by atoms with Crippen LogP contribution in [0, 0.1) is 0 Å². The molecule has 2 fully saturated rings. The first kappa shape index (κ1) is 16.5. The number of amides is 1. The van der Waals surface area contributed by atoms with Gasteiger partial charge in [0.1, 0.15) is 23.2 Å². The fraction of sp³-hybridized carbons (Fsp3) is 0.500. The molecule has 2 saturated heterocycles. The molecule has 8 heteroatoms. The Bertz CT molecular complexity index is 623. The van der Waals surface area contributed by atoms with Gasteiger partial charge < -0.3 is 29.9 Å². The van der Waals surface area contributed by atoms with Crippen molar-refractivity contribution in [3.63, 3.8) is 0 Å². The molecule has 130 valence electrons. The maximum absolute atomic E-state index is 12.1.